The Morgan fingerprint density at radius 3 is 2.87 bits per heavy atom. The van der Waals surface area contributed by atoms with Gasteiger partial charge in [-0.15, -0.1) is 0 Å². The molecule has 2 rings (SSSR count). The van der Waals surface area contributed by atoms with E-state index < -0.39 is 6.23 Å². The summed E-state index contributed by atoms with van der Waals surface area (Å²) in [5.74, 6) is 0.850. The topological polar surface area (TPSA) is 32.7 Å². The van der Waals surface area contributed by atoms with Crippen molar-refractivity contribution in [3.8, 4) is 5.75 Å². The fourth-order valence-corrected chi connectivity index (χ4v) is 2.10. The predicted molar refractivity (Wildman–Crippen MR) is 59.0 cm³/mol. The van der Waals surface area contributed by atoms with Gasteiger partial charge in [0, 0.05) is 12.1 Å². The lowest BCUT2D eigenvalue weighted by molar-refractivity contribution is 0.0126. The molecule has 82 valence electrons. The Labute approximate surface area is 90.3 Å². The molecule has 0 radical (unpaired) electrons. The highest BCUT2D eigenvalue weighted by Gasteiger charge is 2.23. The molecule has 0 aliphatic carbocycles. The second-order valence-electron chi connectivity index (χ2n) is 4.12. The maximum Gasteiger partial charge on any atom is 0.133 e. The minimum Gasteiger partial charge on any atom is -0.496 e. The normalized spacial score (nSPS) is 21.2. The number of aryl methyl sites for hydroxylation is 1. The molecule has 0 saturated heterocycles. The average Bonchev–Trinajstić information content (AvgIpc) is 2.23. The first-order valence-corrected chi connectivity index (χ1v) is 5.19. The Hall–Kier alpha value is -1.06. The fraction of sp³-hybridized carbons (Fsp3) is 0.500. The highest BCUT2D eigenvalue weighted by Crippen LogP contribution is 2.31. The first-order valence-electron chi connectivity index (χ1n) is 5.19. The van der Waals surface area contributed by atoms with Crippen LogP contribution in [0.3, 0.4) is 0 Å². The zero-order valence-corrected chi connectivity index (χ0v) is 9.45. The third kappa shape index (κ3) is 1.73. The summed E-state index contributed by atoms with van der Waals surface area (Å²) < 4.78 is 5.26. The van der Waals surface area contributed by atoms with E-state index in [1.165, 1.54) is 5.56 Å². The molecule has 1 atom stereocenters. The van der Waals surface area contributed by atoms with E-state index in [0.29, 0.717) is 0 Å². The summed E-state index contributed by atoms with van der Waals surface area (Å²) in [4.78, 5) is 1.94. The van der Waals surface area contributed by atoms with Crippen LogP contribution in [0.1, 0.15) is 22.9 Å². The molecule has 15 heavy (non-hydrogen) atoms. The van der Waals surface area contributed by atoms with Gasteiger partial charge < -0.3 is 9.84 Å². The third-order valence-corrected chi connectivity index (χ3v) is 3.09. The van der Waals surface area contributed by atoms with Crippen molar-refractivity contribution in [1.29, 1.82) is 0 Å². The molecule has 1 N–H and O–H groups in total. The number of likely N-dealkylation sites (N-methyl/N-ethyl adjacent to an activating group) is 1. The summed E-state index contributed by atoms with van der Waals surface area (Å²) in [5.41, 5.74) is 3.35. The van der Waals surface area contributed by atoms with Gasteiger partial charge in [-0.3, -0.25) is 4.90 Å². The number of nitrogens with zero attached hydrogens (tertiary/aromatic N) is 1. The predicted octanol–water partition coefficient (Wildman–Crippen LogP) is 1.48. The van der Waals surface area contributed by atoms with Crippen LogP contribution in [-0.2, 0) is 6.42 Å². The van der Waals surface area contributed by atoms with Crippen LogP contribution in [0, 0.1) is 6.92 Å². The summed E-state index contributed by atoms with van der Waals surface area (Å²) in [6, 6.07) is 4.06. The minimum absolute atomic E-state index is 0.497. The van der Waals surface area contributed by atoms with E-state index >= 15 is 0 Å². The molecule has 1 unspecified atom stereocenters. The van der Waals surface area contributed by atoms with Crippen molar-refractivity contribution in [3.05, 3.63) is 28.8 Å². The molecule has 0 spiro atoms. The van der Waals surface area contributed by atoms with Crippen molar-refractivity contribution < 1.29 is 9.84 Å². The number of hydrogen-bond acceptors (Lipinski definition) is 3. The molecule has 0 fully saturated rings. The number of rotatable bonds is 1. The molecule has 1 heterocycles. The van der Waals surface area contributed by atoms with E-state index in [1.54, 1.807) is 7.11 Å². The number of benzene rings is 1. The first-order chi connectivity index (χ1) is 7.13. The van der Waals surface area contributed by atoms with Gasteiger partial charge in [0.05, 0.1) is 7.11 Å². The molecule has 1 aliphatic rings. The molecule has 3 nitrogen and oxygen atoms in total. The van der Waals surface area contributed by atoms with Gasteiger partial charge in [-0.1, -0.05) is 6.07 Å². The zero-order valence-electron chi connectivity index (χ0n) is 9.45. The highest BCUT2D eigenvalue weighted by atomic mass is 16.5. The van der Waals surface area contributed by atoms with Crippen LogP contribution < -0.4 is 4.74 Å². The van der Waals surface area contributed by atoms with Crippen LogP contribution in [0.15, 0.2) is 12.1 Å². The van der Waals surface area contributed by atoms with E-state index in [-0.39, 0.29) is 0 Å². The number of fused-ring (bicyclic) bond motifs is 1. The molecule has 0 aromatic heterocycles. The third-order valence-electron chi connectivity index (χ3n) is 3.09. The molecule has 0 bridgehead atoms. The van der Waals surface area contributed by atoms with Crippen LogP contribution in [0.5, 0.6) is 5.75 Å². The SMILES string of the molecule is COc1cc2c(cc1C)CCN(C)C2O. The van der Waals surface area contributed by atoms with Crippen LogP contribution in [0.4, 0.5) is 0 Å². The quantitative estimate of drug-likeness (QED) is 0.757. The Balaban J connectivity index is 2.48. The van der Waals surface area contributed by atoms with Gasteiger partial charge in [0.15, 0.2) is 0 Å². The van der Waals surface area contributed by atoms with Gasteiger partial charge in [-0.25, -0.2) is 0 Å². The molecular formula is C12H17NO2. The van der Waals surface area contributed by atoms with Crippen molar-refractivity contribution in [2.75, 3.05) is 20.7 Å². The summed E-state index contributed by atoms with van der Waals surface area (Å²) in [6.07, 6.45) is 0.497. The number of ether oxygens (including phenoxy) is 1. The van der Waals surface area contributed by atoms with Crippen molar-refractivity contribution in [2.45, 2.75) is 19.6 Å². The molecular weight excluding hydrogens is 190 g/mol. The van der Waals surface area contributed by atoms with Crippen LogP contribution in [-0.4, -0.2) is 30.7 Å². The lowest BCUT2D eigenvalue weighted by Gasteiger charge is -2.31. The van der Waals surface area contributed by atoms with Gasteiger partial charge in [0.1, 0.15) is 12.0 Å². The van der Waals surface area contributed by atoms with Crippen LogP contribution in [0.25, 0.3) is 0 Å². The second-order valence-corrected chi connectivity index (χ2v) is 4.12. The van der Waals surface area contributed by atoms with Crippen molar-refractivity contribution >= 4 is 0 Å². The summed E-state index contributed by atoms with van der Waals surface area (Å²) in [5, 5.41) is 10.0. The van der Waals surface area contributed by atoms with Crippen LogP contribution in [0.2, 0.25) is 0 Å². The van der Waals surface area contributed by atoms with Crippen LogP contribution >= 0.6 is 0 Å². The minimum atomic E-state index is -0.497. The van der Waals surface area contributed by atoms with E-state index in [0.717, 1.165) is 29.8 Å². The van der Waals surface area contributed by atoms with Crippen molar-refractivity contribution in [2.24, 2.45) is 0 Å². The largest absolute Gasteiger partial charge is 0.496 e. The molecule has 0 saturated carbocycles. The Bertz CT molecular complexity index is 376. The molecule has 3 heteroatoms. The number of aliphatic hydroxyl groups excluding tert-OH is 1. The van der Waals surface area contributed by atoms with Gasteiger partial charge in [-0.05, 0) is 37.6 Å². The smallest absolute Gasteiger partial charge is 0.133 e. The summed E-state index contributed by atoms with van der Waals surface area (Å²) in [6.45, 7) is 2.93. The molecule has 1 aliphatic heterocycles. The van der Waals surface area contributed by atoms with E-state index in [1.807, 2.05) is 24.9 Å². The Kier molecular flexibility index (Phi) is 2.67. The molecule has 1 aromatic carbocycles. The van der Waals surface area contributed by atoms with E-state index in [9.17, 15) is 5.11 Å². The number of hydrogen-bond donors (Lipinski definition) is 1. The Morgan fingerprint density at radius 1 is 1.47 bits per heavy atom. The van der Waals surface area contributed by atoms with Gasteiger partial charge >= 0.3 is 0 Å². The van der Waals surface area contributed by atoms with E-state index in [4.69, 9.17) is 4.74 Å². The standard InChI is InChI=1S/C12H17NO2/c1-8-6-9-4-5-13(2)12(14)10(9)7-11(8)15-3/h6-7,12,14H,4-5H2,1-3H3. The molecule has 0 amide bonds. The average molecular weight is 207 g/mol. The fourth-order valence-electron chi connectivity index (χ4n) is 2.10. The second kappa shape index (κ2) is 3.83. The zero-order chi connectivity index (χ0) is 11.0. The summed E-state index contributed by atoms with van der Waals surface area (Å²) in [7, 11) is 3.59. The first kappa shape index (κ1) is 10.5. The number of methoxy groups -OCH3 is 1. The van der Waals surface area contributed by atoms with Gasteiger partial charge in [-0.2, -0.15) is 0 Å². The summed E-state index contributed by atoms with van der Waals surface area (Å²) >= 11 is 0. The van der Waals surface area contributed by atoms with Crippen molar-refractivity contribution in [1.82, 2.24) is 4.90 Å². The van der Waals surface area contributed by atoms with Gasteiger partial charge in [0.25, 0.3) is 0 Å². The lowest BCUT2D eigenvalue weighted by Crippen LogP contribution is -2.31. The number of aliphatic hydroxyl groups is 1. The van der Waals surface area contributed by atoms with Crippen molar-refractivity contribution in [3.63, 3.8) is 0 Å². The monoisotopic (exact) mass is 207 g/mol. The van der Waals surface area contributed by atoms with E-state index in [2.05, 4.69) is 6.07 Å². The Morgan fingerprint density at radius 2 is 2.20 bits per heavy atom. The highest BCUT2D eigenvalue weighted by molar-refractivity contribution is 5.44. The molecule has 1 aromatic rings. The maximum absolute atomic E-state index is 10.0. The van der Waals surface area contributed by atoms with Gasteiger partial charge in [0.2, 0.25) is 0 Å². The maximum atomic E-state index is 10.0. The lowest BCUT2D eigenvalue weighted by atomic mass is 9.96.